The second-order valence-electron chi connectivity index (χ2n) is 4.03. The third kappa shape index (κ3) is 0.828. The van der Waals surface area contributed by atoms with Gasteiger partial charge in [-0.25, -0.2) is 0 Å². The Morgan fingerprint density at radius 1 is 1.00 bits per heavy atom. The second kappa shape index (κ2) is 2.58. The lowest BCUT2D eigenvalue weighted by Crippen LogP contribution is -1.98. The lowest BCUT2D eigenvalue weighted by atomic mass is 10.0. The van der Waals surface area contributed by atoms with Crippen molar-refractivity contribution in [2.45, 2.75) is 18.9 Å². The first-order valence-electron chi connectivity index (χ1n) is 4.98. The maximum atomic E-state index is 10.0. The maximum absolute atomic E-state index is 10.0. The van der Waals surface area contributed by atoms with Gasteiger partial charge in [-0.15, -0.1) is 0 Å². The van der Waals surface area contributed by atoms with Gasteiger partial charge in [-0.2, -0.15) is 0 Å². The summed E-state index contributed by atoms with van der Waals surface area (Å²) in [5.74, 6) is 0.232. The molecule has 0 amide bonds. The standard InChI is InChI=1S/C13H12O/c1-8-10-6-2-4-9-5-3-7-11(12(9)10)13(8)14/h2-8,13-14H,1H3. The molecule has 1 aliphatic carbocycles. The average Bonchev–Trinajstić information content (AvgIpc) is 2.47. The minimum atomic E-state index is -0.323. The van der Waals surface area contributed by atoms with Crippen LogP contribution in [0.5, 0.6) is 0 Å². The van der Waals surface area contributed by atoms with E-state index in [0.29, 0.717) is 0 Å². The van der Waals surface area contributed by atoms with Crippen LogP contribution in [0.2, 0.25) is 0 Å². The van der Waals surface area contributed by atoms with Crippen LogP contribution in [0, 0.1) is 0 Å². The largest absolute Gasteiger partial charge is 0.388 e. The first-order chi connectivity index (χ1) is 6.79. The van der Waals surface area contributed by atoms with Crippen molar-refractivity contribution in [2.75, 3.05) is 0 Å². The lowest BCUT2D eigenvalue weighted by Gasteiger charge is -2.09. The van der Waals surface area contributed by atoms with Crippen LogP contribution in [0.15, 0.2) is 36.4 Å². The summed E-state index contributed by atoms with van der Waals surface area (Å²) in [6.45, 7) is 2.08. The second-order valence-corrected chi connectivity index (χ2v) is 4.03. The summed E-state index contributed by atoms with van der Waals surface area (Å²) in [6.07, 6.45) is -0.323. The molecule has 70 valence electrons. The fraction of sp³-hybridized carbons (Fsp3) is 0.231. The van der Waals surface area contributed by atoms with Gasteiger partial charge in [0.25, 0.3) is 0 Å². The molecule has 0 spiro atoms. The first kappa shape index (κ1) is 8.01. The van der Waals surface area contributed by atoms with Crippen LogP contribution < -0.4 is 0 Å². The van der Waals surface area contributed by atoms with Crippen molar-refractivity contribution < 1.29 is 5.11 Å². The molecule has 1 heteroatoms. The van der Waals surface area contributed by atoms with E-state index in [9.17, 15) is 5.11 Å². The number of rotatable bonds is 0. The van der Waals surface area contributed by atoms with E-state index in [1.165, 1.54) is 16.3 Å². The Kier molecular flexibility index (Phi) is 1.48. The molecule has 2 aromatic carbocycles. The minimum Gasteiger partial charge on any atom is -0.388 e. The molecule has 1 N–H and O–H groups in total. The van der Waals surface area contributed by atoms with Gasteiger partial charge in [-0.1, -0.05) is 43.3 Å². The van der Waals surface area contributed by atoms with Crippen LogP contribution in [0.4, 0.5) is 0 Å². The van der Waals surface area contributed by atoms with Crippen molar-refractivity contribution in [3.05, 3.63) is 47.5 Å². The number of hydrogen-bond donors (Lipinski definition) is 1. The van der Waals surface area contributed by atoms with Crippen LogP contribution in [0.1, 0.15) is 30.1 Å². The number of benzene rings is 2. The molecule has 2 atom stereocenters. The van der Waals surface area contributed by atoms with Gasteiger partial charge in [0.2, 0.25) is 0 Å². The molecule has 0 saturated heterocycles. The highest BCUT2D eigenvalue weighted by molar-refractivity contribution is 5.91. The van der Waals surface area contributed by atoms with Gasteiger partial charge < -0.3 is 5.11 Å². The molecule has 1 nitrogen and oxygen atoms in total. The molecule has 3 rings (SSSR count). The molecule has 0 heterocycles. The van der Waals surface area contributed by atoms with Crippen LogP contribution in [0.3, 0.4) is 0 Å². The molecule has 0 aliphatic heterocycles. The summed E-state index contributed by atoms with van der Waals surface area (Å²) >= 11 is 0. The van der Waals surface area contributed by atoms with Crippen LogP contribution in [-0.2, 0) is 0 Å². The van der Waals surface area contributed by atoms with E-state index in [1.807, 2.05) is 12.1 Å². The summed E-state index contributed by atoms with van der Waals surface area (Å²) < 4.78 is 0. The Balaban J connectivity index is 2.49. The highest BCUT2D eigenvalue weighted by Gasteiger charge is 2.28. The fourth-order valence-corrected chi connectivity index (χ4v) is 2.47. The molecule has 0 radical (unpaired) electrons. The van der Waals surface area contributed by atoms with Gasteiger partial charge in [0.15, 0.2) is 0 Å². The number of hydrogen-bond acceptors (Lipinski definition) is 1. The quantitative estimate of drug-likeness (QED) is 0.667. The zero-order valence-electron chi connectivity index (χ0n) is 8.07. The van der Waals surface area contributed by atoms with E-state index in [-0.39, 0.29) is 12.0 Å². The van der Waals surface area contributed by atoms with Gasteiger partial charge in [0.1, 0.15) is 0 Å². The van der Waals surface area contributed by atoms with Gasteiger partial charge in [0.05, 0.1) is 6.10 Å². The summed E-state index contributed by atoms with van der Waals surface area (Å²) in [6, 6.07) is 12.4. The average molecular weight is 184 g/mol. The van der Waals surface area contributed by atoms with Gasteiger partial charge in [-0.3, -0.25) is 0 Å². The van der Waals surface area contributed by atoms with Crippen molar-refractivity contribution >= 4 is 10.8 Å². The van der Waals surface area contributed by atoms with E-state index >= 15 is 0 Å². The van der Waals surface area contributed by atoms with Crippen molar-refractivity contribution in [1.29, 1.82) is 0 Å². The highest BCUT2D eigenvalue weighted by Crippen LogP contribution is 2.44. The van der Waals surface area contributed by atoms with Crippen LogP contribution in [0.25, 0.3) is 10.8 Å². The maximum Gasteiger partial charge on any atom is 0.0862 e. The molecular weight excluding hydrogens is 172 g/mol. The third-order valence-electron chi connectivity index (χ3n) is 3.25. The topological polar surface area (TPSA) is 20.2 Å². The molecule has 1 aliphatic rings. The van der Waals surface area contributed by atoms with Gasteiger partial charge >= 0.3 is 0 Å². The highest BCUT2D eigenvalue weighted by atomic mass is 16.3. The van der Waals surface area contributed by atoms with Crippen molar-refractivity contribution in [1.82, 2.24) is 0 Å². The zero-order chi connectivity index (χ0) is 9.71. The van der Waals surface area contributed by atoms with Crippen molar-refractivity contribution in [2.24, 2.45) is 0 Å². The monoisotopic (exact) mass is 184 g/mol. The Morgan fingerprint density at radius 2 is 1.64 bits per heavy atom. The molecule has 2 aromatic rings. The van der Waals surface area contributed by atoms with E-state index in [2.05, 4.69) is 31.2 Å². The summed E-state index contributed by atoms with van der Waals surface area (Å²) in [4.78, 5) is 0. The molecule has 0 aromatic heterocycles. The normalized spacial score (nSPS) is 24.4. The molecular formula is C13H12O. The molecule has 0 fully saturated rings. The predicted octanol–water partition coefficient (Wildman–Crippen LogP) is 2.99. The Bertz CT molecular complexity index is 459. The SMILES string of the molecule is CC1c2cccc3cccc(c23)C1O. The van der Waals surface area contributed by atoms with Crippen LogP contribution in [-0.4, -0.2) is 5.11 Å². The van der Waals surface area contributed by atoms with E-state index in [4.69, 9.17) is 0 Å². The first-order valence-corrected chi connectivity index (χ1v) is 4.98. The summed E-state index contributed by atoms with van der Waals surface area (Å²) in [7, 11) is 0. The van der Waals surface area contributed by atoms with Gasteiger partial charge in [0, 0.05) is 5.92 Å². The molecule has 0 saturated carbocycles. The lowest BCUT2D eigenvalue weighted by molar-refractivity contribution is 0.159. The predicted molar refractivity (Wildman–Crippen MR) is 57.3 cm³/mol. The Labute approximate surface area is 83.0 Å². The third-order valence-corrected chi connectivity index (χ3v) is 3.25. The van der Waals surface area contributed by atoms with Gasteiger partial charge in [-0.05, 0) is 21.9 Å². The molecule has 14 heavy (non-hydrogen) atoms. The molecule has 0 bridgehead atoms. The zero-order valence-corrected chi connectivity index (χ0v) is 8.07. The number of aliphatic hydroxyl groups excluding tert-OH is 1. The van der Waals surface area contributed by atoms with E-state index < -0.39 is 0 Å². The summed E-state index contributed by atoms with van der Waals surface area (Å²) in [5.41, 5.74) is 2.37. The molecule has 2 unspecified atom stereocenters. The smallest absolute Gasteiger partial charge is 0.0862 e. The fourth-order valence-electron chi connectivity index (χ4n) is 2.47. The van der Waals surface area contributed by atoms with Crippen molar-refractivity contribution in [3.8, 4) is 0 Å². The minimum absolute atomic E-state index is 0.232. The van der Waals surface area contributed by atoms with E-state index in [1.54, 1.807) is 0 Å². The van der Waals surface area contributed by atoms with Crippen LogP contribution >= 0.6 is 0 Å². The Hall–Kier alpha value is -1.34. The van der Waals surface area contributed by atoms with Crippen molar-refractivity contribution in [3.63, 3.8) is 0 Å². The summed E-state index contributed by atoms with van der Waals surface area (Å²) in [5, 5.41) is 12.5. The van der Waals surface area contributed by atoms with E-state index in [0.717, 1.165) is 5.56 Å². The Morgan fingerprint density at radius 3 is 2.36 bits per heavy atom. The number of aliphatic hydroxyl groups is 1.